The highest BCUT2D eigenvalue weighted by molar-refractivity contribution is 14.1. The minimum atomic E-state index is -4.17. The molecule has 5 unspecified atom stereocenters. The normalized spacial score (nSPS) is 33.3. The maximum Gasteiger partial charge on any atom is 0.192 e. The summed E-state index contributed by atoms with van der Waals surface area (Å²) in [5, 5.41) is 21.4. The van der Waals surface area contributed by atoms with E-state index < -0.39 is 70.4 Å². The molecule has 1 aromatic carbocycles. The van der Waals surface area contributed by atoms with Gasteiger partial charge in [-0.15, -0.1) is 0 Å². The lowest BCUT2D eigenvalue weighted by Crippen LogP contribution is -2.65. The summed E-state index contributed by atoms with van der Waals surface area (Å²) < 4.78 is 85.1. The van der Waals surface area contributed by atoms with Gasteiger partial charge < -0.3 is 42.4 Å². The van der Waals surface area contributed by atoms with Crippen LogP contribution in [0.2, 0.25) is 54.4 Å². The molecule has 1 aromatic rings. The van der Waals surface area contributed by atoms with E-state index in [1.54, 1.807) is 24.3 Å². The Bertz CT molecular complexity index is 2400. The molecule has 11 nitrogen and oxygen atoms in total. The van der Waals surface area contributed by atoms with Crippen LogP contribution in [0.5, 0.6) is 0 Å². The van der Waals surface area contributed by atoms with Crippen LogP contribution in [0.3, 0.4) is 0 Å². The summed E-state index contributed by atoms with van der Waals surface area (Å²) >= 11 is 2.35. The molecular formula is C67H117IO11SSi3. The average molecular weight is 1340 g/mol. The van der Waals surface area contributed by atoms with E-state index in [0.717, 1.165) is 68.9 Å². The molecule has 1 aliphatic carbocycles. The molecule has 0 amide bonds. The molecule has 5 aliphatic rings. The van der Waals surface area contributed by atoms with Gasteiger partial charge in [-0.3, -0.25) is 0 Å². The monoisotopic (exact) mass is 1340 g/mol. The Balaban J connectivity index is 1.38. The lowest BCUT2D eigenvalue weighted by Gasteiger charge is -2.56. The quantitative estimate of drug-likeness (QED) is 0.0549. The molecule has 0 radical (unpaired) electrons. The van der Waals surface area contributed by atoms with Gasteiger partial charge in [-0.05, 0) is 170 Å². The van der Waals surface area contributed by atoms with Crippen molar-refractivity contribution in [1.29, 1.82) is 0 Å². The molecule has 0 aromatic heterocycles. The van der Waals surface area contributed by atoms with Gasteiger partial charge in [-0.25, -0.2) is 8.42 Å². The lowest BCUT2D eigenvalue weighted by atomic mass is 9.70. The minimum Gasteiger partial charge on any atom is -0.411 e. The number of benzene rings is 1. The molecule has 476 valence electrons. The Morgan fingerprint density at radius 1 is 0.759 bits per heavy atom. The van der Waals surface area contributed by atoms with Crippen molar-refractivity contribution in [2.75, 3.05) is 6.61 Å². The first kappa shape index (κ1) is 71.5. The Morgan fingerprint density at radius 2 is 1.36 bits per heavy atom. The first-order chi connectivity index (χ1) is 38.4. The van der Waals surface area contributed by atoms with E-state index in [1.807, 2.05) is 6.07 Å². The zero-order chi connectivity index (χ0) is 62.0. The number of hydrogen-bond acceptors (Lipinski definition) is 11. The van der Waals surface area contributed by atoms with E-state index in [4.69, 9.17) is 32.2 Å². The number of aliphatic hydroxyl groups excluding tert-OH is 2. The summed E-state index contributed by atoms with van der Waals surface area (Å²) in [7, 11) is -11.4. The maximum atomic E-state index is 15.8. The molecule has 4 aliphatic heterocycles. The third-order valence-electron chi connectivity index (χ3n) is 21.9. The zero-order valence-electron chi connectivity index (χ0n) is 55.2. The first-order valence-electron chi connectivity index (χ1n) is 32.2. The lowest BCUT2D eigenvalue weighted by molar-refractivity contribution is -0.199. The molecule has 1 saturated carbocycles. The molecular weight excluding hydrogens is 1220 g/mol. The van der Waals surface area contributed by atoms with Gasteiger partial charge in [-0.2, -0.15) is 0 Å². The number of ether oxygens (including phenoxy) is 4. The molecule has 6 rings (SSSR count). The Labute approximate surface area is 522 Å². The Morgan fingerprint density at radius 3 is 1.94 bits per heavy atom. The van der Waals surface area contributed by atoms with Gasteiger partial charge in [0, 0.05) is 31.3 Å². The highest BCUT2D eigenvalue weighted by Gasteiger charge is 2.59. The third-order valence-corrected chi connectivity index (χ3v) is 38.0. The van der Waals surface area contributed by atoms with Gasteiger partial charge in [0.1, 0.15) is 0 Å². The van der Waals surface area contributed by atoms with E-state index in [0.29, 0.717) is 25.2 Å². The summed E-state index contributed by atoms with van der Waals surface area (Å²) in [5.41, 5.74) is 2.11. The summed E-state index contributed by atoms with van der Waals surface area (Å²) in [5.74, 6) is -0.0925. The van der Waals surface area contributed by atoms with Crippen LogP contribution in [0, 0.1) is 35.5 Å². The highest BCUT2D eigenvalue weighted by atomic mass is 127. The second-order valence-electron chi connectivity index (χ2n) is 31.1. The zero-order valence-corrected chi connectivity index (χ0v) is 61.2. The summed E-state index contributed by atoms with van der Waals surface area (Å²) in [4.78, 5) is 0.202. The summed E-state index contributed by atoms with van der Waals surface area (Å²) in [6, 6.07) is 8.76. The van der Waals surface area contributed by atoms with Crippen molar-refractivity contribution >= 4 is 57.4 Å². The van der Waals surface area contributed by atoms with Crippen molar-refractivity contribution in [3.8, 4) is 0 Å². The smallest absolute Gasteiger partial charge is 0.192 e. The highest BCUT2D eigenvalue weighted by Crippen LogP contribution is 2.52. The fourth-order valence-corrected chi connectivity index (χ4v) is 19.9. The predicted molar refractivity (Wildman–Crippen MR) is 356 cm³/mol. The summed E-state index contributed by atoms with van der Waals surface area (Å²) in [6.45, 7) is 52.7. The van der Waals surface area contributed by atoms with Crippen molar-refractivity contribution in [1.82, 2.24) is 0 Å². The number of halogens is 1. The van der Waals surface area contributed by atoms with Crippen LogP contribution in [0.1, 0.15) is 173 Å². The van der Waals surface area contributed by atoms with Gasteiger partial charge in [0.2, 0.25) is 0 Å². The molecule has 4 heterocycles. The van der Waals surface area contributed by atoms with Crippen molar-refractivity contribution in [2.24, 2.45) is 35.5 Å². The van der Waals surface area contributed by atoms with E-state index in [-0.39, 0.29) is 106 Å². The van der Waals surface area contributed by atoms with Gasteiger partial charge in [0.15, 0.2) is 34.8 Å². The van der Waals surface area contributed by atoms with Crippen LogP contribution in [-0.2, 0) is 42.1 Å². The van der Waals surface area contributed by atoms with Crippen LogP contribution < -0.4 is 0 Å². The molecule has 5 fully saturated rings. The van der Waals surface area contributed by atoms with Crippen LogP contribution in [0.25, 0.3) is 0 Å². The maximum absolute atomic E-state index is 15.8. The molecule has 19 atom stereocenters. The van der Waals surface area contributed by atoms with E-state index in [2.05, 4.69) is 175 Å². The van der Waals surface area contributed by atoms with Gasteiger partial charge in [0.05, 0.1) is 83.4 Å². The molecule has 0 spiro atoms. The number of fused-ring (bicyclic) bond motifs is 1. The van der Waals surface area contributed by atoms with Crippen molar-refractivity contribution in [3.63, 3.8) is 0 Å². The van der Waals surface area contributed by atoms with Crippen molar-refractivity contribution in [2.45, 2.75) is 311 Å². The van der Waals surface area contributed by atoms with Crippen molar-refractivity contribution in [3.05, 3.63) is 64.8 Å². The second-order valence-corrected chi connectivity index (χ2v) is 48.2. The average Bonchev–Trinajstić information content (AvgIpc) is 2.21. The largest absolute Gasteiger partial charge is 0.411 e. The van der Waals surface area contributed by atoms with Crippen LogP contribution >= 0.6 is 22.6 Å². The van der Waals surface area contributed by atoms with Crippen LogP contribution in [0.15, 0.2) is 69.7 Å². The molecule has 0 bridgehead atoms. The van der Waals surface area contributed by atoms with E-state index >= 15 is 8.42 Å². The SMILES string of the molecule is C=C1C[C@H](CCCO)OC1CC[C@H]1C[C@@H](C)C(=C)[C@@H](CC2O[C@H](C[C@H](C)CC)[C@H](C)[C@H]2C(C(O)CC2CC[C@@H]3C[C@@H]([C@H](/C=C/I)O[Si](C)(C)C(C)(C)C)[C@@H](O[Si](C)(C)C(C)(C)C)[C@@H](O[Si](C)(C)C(C)(C)C)[C@H]3O2)S(=O)(=O)c2ccccc2)O1. The molecule has 4 saturated heterocycles. The van der Waals surface area contributed by atoms with Crippen LogP contribution in [0.4, 0.5) is 0 Å². The minimum absolute atomic E-state index is 0.00466. The van der Waals surface area contributed by atoms with E-state index in [9.17, 15) is 10.2 Å². The first-order valence-corrected chi connectivity index (χ1v) is 43.8. The molecule has 16 heteroatoms. The van der Waals surface area contributed by atoms with Gasteiger partial charge >= 0.3 is 0 Å². The molecule has 2 N–H and O–H groups in total. The second kappa shape index (κ2) is 28.7. The van der Waals surface area contributed by atoms with Gasteiger partial charge in [-0.1, -0.05) is 156 Å². The van der Waals surface area contributed by atoms with E-state index in [1.165, 1.54) is 0 Å². The van der Waals surface area contributed by atoms with Crippen molar-refractivity contribution < 1.29 is 50.9 Å². The summed E-state index contributed by atoms with van der Waals surface area (Å²) in [6.07, 6.45) is 7.60. The third kappa shape index (κ3) is 17.3. The van der Waals surface area contributed by atoms with Gasteiger partial charge in [0.25, 0.3) is 0 Å². The fraction of sp³-hybridized carbons (Fsp3) is 0.821. The number of sulfone groups is 1. The number of hydrogen-bond donors (Lipinski definition) is 2. The Kier molecular flexibility index (Phi) is 24.7. The number of rotatable bonds is 25. The predicted octanol–water partition coefficient (Wildman–Crippen LogP) is 16.3. The Hall–Kier alpha value is -0.589. The fourth-order valence-electron chi connectivity index (χ4n) is 13.3. The number of aliphatic hydroxyl groups is 2. The standard InChI is InChI=1S/C67H117IO11SSi3/c1-22-43(2)37-57-47(6)60(59(76-57)42-58-46(5)44(3)38-50(74-58)32-33-55-45(4)39-49(73-55)27-26-36-69)64(80(71,72)52-28-24-23-25-29-52)54(70)41-51-31-30-48-40-53(56(34-35-68)77-81(16,17)65(7,8)9)62(78-82(18,19)66(10,11)12)63(61(48)75-51)79-83(20,21)67(13,14)15/h23-25,28-29,34-35,43-44,47-51,53-64,69-70H,4-5,22,26-27,30-33,36-42H2,1-3,6-21H3/b35-34+/t43-,44-,47+,48-,49+,50+,51?,53+,54?,55?,56+,57-,58-,59?,60-,61+,62-,63+,64?/m1/s1. The van der Waals surface area contributed by atoms with Crippen LogP contribution in [-0.4, -0.2) is 129 Å². The topological polar surface area (TPSA) is 139 Å². The molecule has 83 heavy (non-hydrogen) atoms.